The number of alkyl halides is 1. The molecule has 4 aromatic carbocycles. The van der Waals surface area contributed by atoms with E-state index in [2.05, 4.69) is 26.1 Å². The van der Waals surface area contributed by atoms with Crippen LogP contribution in [0.15, 0.2) is 131 Å². The number of benzene rings is 4. The maximum absolute atomic E-state index is 12.9. The lowest BCUT2D eigenvalue weighted by molar-refractivity contribution is -0.120. The van der Waals surface area contributed by atoms with E-state index in [1.165, 1.54) is 12.1 Å². The molecular formula is C46H45FN8O6. The molecule has 8 rings (SSSR count). The number of fused-ring (bicyclic) bond motifs is 2. The van der Waals surface area contributed by atoms with E-state index in [0.29, 0.717) is 37.1 Å². The normalized spacial score (nSPS) is 15.7. The third kappa shape index (κ3) is 9.84. The first-order valence-corrected chi connectivity index (χ1v) is 19.4. The Morgan fingerprint density at radius 2 is 1.11 bits per heavy atom. The van der Waals surface area contributed by atoms with Crippen LogP contribution in [-0.4, -0.2) is 69.5 Å². The fraction of sp³-hybridized carbons (Fsp3) is 0.217. The molecule has 61 heavy (non-hydrogen) atoms. The van der Waals surface area contributed by atoms with Gasteiger partial charge in [-0.3, -0.25) is 33.2 Å². The molecule has 2 atom stereocenters. The Bertz CT molecular complexity index is 2710. The van der Waals surface area contributed by atoms with E-state index >= 15 is 0 Å². The number of rotatable bonds is 6. The van der Waals surface area contributed by atoms with Gasteiger partial charge >= 0.3 is 0 Å². The van der Waals surface area contributed by atoms with Crippen molar-refractivity contribution < 1.29 is 24.9 Å². The van der Waals surface area contributed by atoms with Gasteiger partial charge in [0.1, 0.15) is 12.1 Å². The summed E-state index contributed by atoms with van der Waals surface area (Å²) in [6.07, 6.45) is 2.17. The van der Waals surface area contributed by atoms with Gasteiger partial charge in [0.05, 0.1) is 19.9 Å². The van der Waals surface area contributed by atoms with Crippen molar-refractivity contribution >= 4 is 35.0 Å². The molecule has 0 saturated heterocycles. The average Bonchev–Trinajstić information content (AvgIpc) is 3.50. The van der Waals surface area contributed by atoms with Crippen LogP contribution in [0.25, 0.3) is 11.4 Å². The molecular weight excluding hydrogens is 780 g/mol. The monoisotopic (exact) mass is 825 g/mol. The molecule has 2 aliphatic heterocycles. The van der Waals surface area contributed by atoms with Gasteiger partial charge in [0.15, 0.2) is 11.4 Å². The molecule has 6 aromatic rings. The highest BCUT2D eigenvalue weighted by Gasteiger charge is 2.31. The molecule has 0 aliphatic carbocycles. The van der Waals surface area contributed by atoms with E-state index in [1.807, 2.05) is 109 Å². The fourth-order valence-electron chi connectivity index (χ4n) is 7.13. The summed E-state index contributed by atoms with van der Waals surface area (Å²) >= 11 is 0. The molecule has 4 heterocycles. The first kappa shape index (κ1) is 41.6. The number of nitrogens with zero attached hydrogens (tertiary/aromatic N) is 5. The van der Waals surface area contributed by atoms with Gasteiger partial charge in [-0.2, -0.15) is 10.2 Å². The smallest absolute Gasteiger partial charge is 0.276 e. The minimum Gasteiger partial charge on any atom is -0.339 e. The molecule has 2 aliphatic rings. The largest absolute Gasteiger partial charge is 0.339 e. The summed E-state index contributed by atoms with van der Waals surface area (Å²) in [5, 5.41) is 16.8. The maximum Gasteiger partial charge on any atom is 0.276 e. The van der Waals surface area contributed by atoms with Crippen molar-refractivity contribution in [2.75, 3.05) is 24.4 Å². The zero-order valence-electron chi connectivity index (χ0n) is 34.8. The molecule has 0 spiro atoms. The van der Waals surface area contributed by atoms with Gasteiger partial charge in [0.25, 0.3) is 11.8 Å². The van der Waals surface area contributed by atoms with E-state index < -0.39 is 41.9 Å². The summed E-state index contributed by atoms with van der Waals surface area (Å²) in [7, 11) is 0.693. The third-order valence-corrected chi connectivity index (χ3v) is 10.2. The number of carbonyl (C=O) groups is 4. The summed E-state index contributed by atoms with van der Waals surface area (Å²) in [5.41, 5.74) is 4.90. The van der Waals surface area contributed by atoms with Gasteiger partial charge in [0, 0.05) is 41.9 Å². The average molecular weight is 826 g/mol. The molecule has 2 aromatic heterocycles. The van der Waals surface area contributed by atoms with Crippen molar-refractivity contribution in [3.05, 3.63) is 176 Å². The third-order valence-electron chi connectivity index (χ3n) is 10.2. The van der Waals surface area contributed by atoms with Gasteiger partial charge in [0.2, 0.25) is 22.7 Å². The predicted molar refractivity (Wildman–Crippen MR) is 230 cm³/mol. The van der Waals surface area contributed by atoms with Crippen molar-refractivity contribution in [1.29, 1.82) is 0 Å². The minimum absolute atomic E-state index is 0.219. The first-order valence-electron chi connectivity index (χ1n) is 20.1. The highest BCUT2D eigenvalue weighted by molar-refractivity contribution is 6.03. The first-order chi connectivity index (χ1) is 29.9. The topological polar surface area (TPSA) is 177 Å². The summed E-state index contributed by atoms with van der Waals surface area (Å²) in [6.45, 7) is 3.50. The van der Waals surface area contributed by atoms with Crippen LogP contribution >= 0.6 is 0 Å². The number of hydrogen-bond acceptors (Lipinski definition) is 8. The summed E-state index contributed by atoms with van der Waals surface area (Å²) in [4.78, 5) is 77.6. The second kappa shape index (κ2) is 19.5. The number of aromatic nitrogens is 4. The molecule has 0 radical (unpaired) electrons. The van der Waals surface area contributed by atoms with Crippen LogP contribution in [0.2, 0.25) is 0 Å². The standard InChI is InChI=1S/C23H22N4O3.C22H20N4O3.CH3F/c1-15-14-20(28)21(25-27(15)17-9-4-3-5-10-17)22(29)24-18-13-12-16-8-6-7-11-19(16)26(2)23(18)30;1-14-13-19(27)20(25-26(14)16-8-3-2-4-9-16)22(29)24-18-12-11-15-7-5-6-10-17(15)23-21(18)28;1-2/h3-11,14,18H,12-13H2,1-2H3,(H,24,29);2-10,13,18H,11-12H2,1H3,(H,23,28)(H,24,29);1H3/i;;1D. The van der Waals surface area contributed by atoms with Crippen LogP contribution in [0.1, 0.15) is 57.7 Å². The lowest BCUT2D eigenvalue weighted by Crippen LogP contribution is -2.48. The Balaban J connectivity index is 0.000000195. The quantitative estimate of drug-likeness (QED) is 0.209. The summed E-state index contributed by atoms with van der Waals surface area (Å²) < 4.78 is 18.6. The zero-order chi connectivity index (χ0) is 44.3. The van der Waals surface area contributed by atoms with Crippen molar-refractivity contribution in [3.8, 4) is 11.4 Å². The highest BCUT2D eigenvalue weighted by Crippen LogP contribution is 2.26. The molecule has 14 nitrogen and oxygen atoms in total. The Morgan fingerprint density at radius 1 is 0.672 bits per heavy atom. The Labute approximate surface area is 352 Å². The highest BCUT2D eigenvalue weighted by atomic mass is 19.1. The lowest BCUT2D eigenvalue weighted by atomic mass is 10.1. The Kier molecular flexibility index (Phi) is 13.3. The second-order valence-corrected chi connectivity index (χ2v) is 14.3. The second-order valence-electron chi connectivity index (χ2n) is 14.3. The van der Waals surface area contributed by atoms with E-state index in [-0.39, 0.29) is 23.2 Å². The van der Waals surface area contributed by atoms with Gasteiger partial charge in [-0.15, -0.1) is 0 Å². The lowest BCUT2D eigenvalue weighted by Gasteiger charge is -2.22. The van der Waals surface area contributed by atoms with Crippen LogP contribution in [-0.2, 0) is 22.4 Å². The van der Waals surface area contributed by atoms with Crippen LogP contribution < -0.4 is 31.7 Å². The molecule has 3 N–H and O–H groups in total. The summed E-state index contributed by atoms with van der Waals surface area (Å²) in [5.74, 6) is -1.84. The number of likely N-dealkylation sites (N-methyl/N-ethyl adjacent to an activating group) is 1. The van der Waals surface area contributed by atoms with Crippen molar-refractivity contribution in [2.45, 2.75) is 51.6 Å². The van der Waals surface area contributed by atoms with Crippen molar-refractivity contribution in [2.24, 2.45) is 0 Å². The van der Waals surface area contributed by atoms with E-state index in [9.17, 15) is 33.2 Å². The van der Waals surface area contributed by atoms with Crippen LogP contribution in [0.4, 0.5) is 15.8 Å². The van der Waals surface area contributed by atoms with E-state index in [4.69, 9.17) is 1.37 Å². The predicted octanol–water partition coefficient (Wildman–Crippen LogP) is 5.06. The van der Waals surface area contributed by atoms with Gasteiger partial charge in [-0.1, -0.05) is 72.8 Å². The van der Waals surface area contributed by atoms with E-state index in [0.717, 1.165) is 33.9 Å². The minimum atomic E-state index is -1.00. The number of nitrogens with one attached hydrogen (secondary N) is 3. The summed E-state index contributed by atoms with van der Waals surface area (Å²) in [6, 6.07) is 35.0. The van der Waals surface area contributed by atoms with Gasteiger partial charge in [-0.05, 0) is 87.1 Å². The molecule has 0 bridgehead atoms. The molecule has 0 fully saturated rings. The molecule has 312 valence electrons. The molecule has 4 amide bonds. The Hall–Kier alpha value is -7.55. The molecule has 15 heteroatoms. The number of halogens is 1. The number of aryl methyl sites for hydroxylation is 4. The van der Waals surface area contributed by atoms with Gasteiger partial charge in [-0.25, -0.2) is 9.36 Å². The zero-order valence-corrected chi connectivity index (χ0v) is 33.8. The van der Waals surface area contributed by atoms with Crippen LogP contribution in [0.5, 0.6) is 0 Å². The van der Waals surface area contributed by atoms with Crippen LogP contribution in [0.3, 0.4) is 0 Å². The SMILES string of the molecule is Cc1cc(=O)c(C(=O)NC2CCc3ccccc3N(C)C2=O)nn1-c1ccccc1.Cc1cc(=O)c(C(=O)NC2CCc3ccccc3NC2=O)nn1-c1ccccc1.[2H]CF. The molecule has 2 unspecified atom stereocenters. The number of amides is 4. The number of para-hydroxylation sites is 4. The van der Waals surface area contributed by atoms with Crippen LogP contribution in [0, 0.1) is 13.8 Å². The Morgan fingerprint density at radius 3 is 1.67 bits per heavy atom. The molecule has 0 saturated carbocycles. The maximum atomic E-state index is 12.9. The number of carbonyl (C=O) groups excluding carboxylic acids is 4. The van der Waals surface area contributed by atoms with Crippen molar-refractivity contribution in [3.63, 3.8) is 0 Å². The fourth-order valence-corrected chi connectivity index (χ4v) is 7.13. The van der Waals surface area contributed by atoms with E-state index in [1.54, 1.807) is 35.2 Å². The number of anilines is 2. The van der Waals surface area contributed by atoms with Gasteiger partial charge < -0.3 is 20.9 Å². The van der Waals surface area contributed by atoms with Crippen molar-refractivity contribution in [1.82, 2.24) is 30.2 Å². The number of hydrogen-bond donors (Lipinski definition) is 3.